The first-order valence-corrected chi connectivity index (χ1v) is 11.4. The summed E-state index contributed by atoms with van der Waals surface area (Å²) in [4.78, 5) is 19.0. The molecule has 1 aromatic carbocycles. The Morgan fingerprint density at radius 3 is 2.58 bits per heavy atom. The predicted molar refractivity (Wildman–Crippen MR) is 121 cm³/mol. The molecule has 1 aliphatic heterocycles. The molecule has 1 heterocycles. The fourth-order valence-corrected chi connectivity index (χ4v) is 4.60. The first-order chi connectivity index (χ1) is 15.1. The Labute approximate surface area is 184 Å². The second-order valence-electron chi connectivity index (χ2n) is 8.39. The lowest BCUT2D eigenvalue weighted by molar-refractivity contribution is -0.120. The van der Waals surface area contributed by atoms with Crippen LogP contribution in [0.2, 0.25) is 0 Å². The molecule has 2 aliphatic rings. The Morgan fingerprint density at radius 2 is 1.87 bits per heavy atom. The monoisotopic (exact) mass is 433 g/mol. The number of ether oxygens (including phenoxy) is 1. The van der Waals surface area contributed by atoms with Crippen molar-refractivity contribution in [1.29, 1.82) is 0 Å². The standard InChI is InChI=1S/C23H36FN5O2/c1-25-22(27-11-10-26-21(30)17-19-6-5-7-20(24)16-19)28-18-23(8-3-2-4-9-23)29-12-14-31-15-13-29/h5-7,16H,2-4,8-15,17-18H2,1H3,(H,26,30)(H2,25,27,28). The van der Waals surface area contributed by atoms with Crippen molar-refractivity contribution in [3.63, 3.8) is 0 Å². The molecule has 3 rings (SSSR count). The number of benzene rings is 1. The van der Waals surface area contributed by atoms with Crippen molar-refractivity contribution in [3.05, 3.63) is 35.6 Å². The smallest absolute Gasteiger partial charge is 0.224 e. The van der Waals surface area contributed by atoms with Gasteiger partial charge in [-0.25, -0.2) is 4.39 Å². The van der Waals surface area contributed by atoms with Crippen LogP contribution in [0.15, 0.2) is 29.3 Å². The van der Waals surface area contributed by atoms with Crippen molar-refractivity contribution in [1.82, 2.24) is 20.9 Å². The Kier molecular flexibility index (Phi) is 9.09. The number of guanidine groups is 1. The molecule has 31 heavy (non-hydrogen) atoms. The van der Waals surface area contributed by atoms with Gasteiger partial charge in [-0.1, -0.05) is 31.4 Å². The lowest BCUT2D eigenvalue weighted by Crippen LogP contribution is -2.60. The summed E-state index contributed by atoms with van der Waals surface area (Å²) in [5.74, 6) is 0.302. The van der Waals surface area contributed by atoms with E-state index in [1.165, 1.54) is 44.2 Å². The molecule has 3 N–H and O–H groups in total. The molecule has 172 valence electrons. The highest BCUT2D eigenvalue weighted by Crippen LogP contribution is 2.33. The summed E-state index contributed by atoms with van der Waals surface area (Å²) >= 11 is 0. The van der Waals surface area contributed by atoms with Crippen LogP contribution in [0.1, 0.15) is 37.7 Å². The number of amides is 1. The van der Waals surface area contributed by atoms with Gasteiger partial charge in [0.15, 0.2) is 5.96 Å². The molecule has 0 atom stereocenters. The third-order valence-electron chi connectivity index (χ3n) is 6.27. The van der Waals surface area contributed by atoms with Crippen molar-refractivity contribution in [2.45, 2.75) is 44.1 Å². The van der Waals surface area contributed by atoms with Crippen LogP contribution < -0.4 is 16.0 Å². The number of nitrogens with zero attached hydrogens (tertiary/aromatic N) is 2. The molecule has 1 amide bonds. The SMILES string of the molecule is CN=C(NCCNC(=O)Cc1cccc(F)c1)NCC1(N2CCOCC2)CCCCC1. The molecule has 0 unspecified atom stereocenters. The molecule has 0 bridgehead atoms. The first-order valence-electron chi connectivity index (χ1n) is 11.4. The van der Waals surface area contributed by atoms with Crippen LogP contribution in [0.4, 0.5) is 4.39 Å². The zero-order chi connectivity index (χ0) is 21.9. The molecule has 0 aromatic heterocycles. The second kappa shape index (κ2) is 12.0. The molecule has 8 heteroatoms. The number of morpholine rings is 1. The van der Waals surface area contributed by atoms with Gasteiger partial charge < -0.3 is 20.7 Å². The van der Waals surface area contributed by atoms with Crippen molar-refractivity contribution in [3.8, 4) is 0 Å². The van der Waals surface area contributed by atoms with Crippen LogP contribution in [0.25, 0.3) is 0 Å². The van der Waals surface area contributed by atoms with Gasteiger partial charge >= 0.3 is 0 Å². The van der Waals surface area contributed by atoms with Crippen LogP contribution >= 0.6 is 0 Å². The minimum Gasteiger partial charge on any atom is -0.379 e. The minimum absolute atomic E-state index is 0.121. The van der Waals surface area contributed by atoms with Crippen LogP contribution in [0.3, 0.4) is 0 Å². The van der Waals surface area contributed by atoms with Gasteiger partial charge in [0.25, 0.3) is 0 Å². The Hall–Kier alpha value is -2.19. The highest BCUT2D eigenvalue weighted by Gasteiger charge is 2.38. The van der Waals surface area contributed by atoms with E-state index in [9.17, 15) is 9.18 Å². The Morgan fingerprint density at radius 1 is 1.13 bits per heavy atom. The van der Waals surface area contributed by atoms with Gasteiger partial charge in [0.2, 0.25) is 5.91 Å². The third kappa shape index (κ3) is 7.18. The Balaban J connectivity index is 1.40. The molecule has 1 aromatic rings. The van der Waals surface area contributed by atoms with Gasteiger partial charge in [-0.05, 0) is 30.5 Å². The van der Waals surface area contributed by atoms with E-state index in [0.29, 0.717) is 18.7 Å². The van der Waals surface area contributed by atoms with E-state index in [1.807, 2.05) is 0 Å². The quantitative estimate of drug-likeness (QED) is 0.330. The summed E-state index contributed by atoms with van der Waals surface area (Å²) in [6.45, 7) is 5.51. The highest BCUT2D eigenvalue weighted by atomic mass is 19.1. The molecular formula is C23H36FN5O2. The van der Waals surface area contributed by atoms with Gasteiger partial charge in [-0.3, -0.25) is 14.7 Å². The zero-order valence-electron chi connectivity index (χ0n) is 18.6. The summed E-state index contributed by atoms with van der Waals surface area (Å²) in [7, 11) is 1.76. The zero-order valence-corrected chi connectivity index (χ0v) is 18.6. The number of rotatable bonds is 8. The Bertz CT molecular complexity index is 730. The average molecular weight is 434 g/mol. The second-order valence-corrected chi connectivity index (χ2v) is 8.39. The van der Waals surface area contributed by atoms with Crippen molar-refractivity contribution >= 4 is 11.9 Å². The van der Waals surface area contributed by atoms with Gasteiger partial charge in [-0.15, -0.1) is 0 Å². The molecule has 7 nitrogen and oxygen atoms in total. The maximum absolute atomic E-state index is 13.2. The molecule has 1 saturated carbocycles. The van der Waals surface area contributed by atoms with E-state index in [0.717, 1.165) is 38.8 Å². The van der Waals surface area contributed by atoms with E-state index < -0.39 is 0 Å². The maximum Gasteiger partial charge on any atom is 0.224 e. The summed E-state index contributed by atoms with van der Waals surface area (Å²) < 4.78 is 18.8. The maximum atomic E-state index is 13.2. The van der Waals surface area contributed by atoms with Gasteiger partial charge in [0.05, 0.1) is 19.6 Å². The minimum atomic E-state index is -0.324. The molecule has 0 spiro atoms. The number of nitrogens with one attached hydrogen (secondary N) is 3. The number of hydrogen-bond donors (Lipinski definition) is 3. The lowest BCUT2D eigenvalue weighted by atomic mass is 9.80. The lowest BCUT2D eigenvalue weighted by Gasteiger charge is -2.48. The van der Waals surface area contributed by atoms with Gasteiger partial charge in [0, 0.05) is 45.3 Å². The van der Waals surface area contributed by atoms with E-state index in [-0.39, 0.29) is 23.7 Å². The van der Waals surface area contributed by atoms with Crippen LogP contribution in [-0.4, -0.2) is 75.3 Å². The van der Waals surface area contributed by atoms with E-state index in [4.69, 9.17) is 4.74 Å². The average Bonchev–Trinajstić information content (AvgIpc) is 2.80. The summed E-state index contributed by atoms with van der Waals surface area (Å²) in [6, 6.07) is 6.13. The number of carbonyl (C=O) groups excluding carboxylic acids is 1. The summed E-state index contributed by atoms with van der Waals surface area (Å²) in [5, 5.41) is 9.66. The first kappa shape index (κ1) is 23.5. The topological polar surface area (TPSA) is 78.0 Å². The third-order valence-corrected chi connectivity index (χ3v) is 6.27. The molecule has 1 saturated heterocycles. The molecular weight excluding hydrogens is 397 g/mol. The number of halogens is 1. The fourth-order valence-electron chi connectivity index (χ4n) is 4.60. The predicted octanol–water partition coefficient (Wildman–Crippen LogP) is 1.68. The summed E-state index contributed by atoms with van der Waals surface area (Å²) in [5.41, 5.74) is 0.836. The van der Waals surface area contributed by atoms with Gasteiger partial charge in [0.1, 0.15) is 5.82 Å². The van der Waals surface area contributed by atoms with Crippen LogP contribution in [0.5, 0.6) is 0 Å². The van der Waals surface area contributed by atoms with Crippen molar-refractivity contribution in [2.75, 3.05) is 53.0 Å². The van der Waals surface area contributed by atoms with E-state index in [1.54, 1.807) is 19.2 Å². The summed E-state index contributed by atoms with van der Waals surface area (Å²) in [6.07, 6.45) is 6.42. The van der Waals surface area contributed by atoms with Crippen LogP contribution in [0, 0.1) is 5.82 Å². The number of hydrogen-bond acceptors (Lipinski definition) is 4. The van der Waals surface area contributed by atoms with Crippen molar-refractivity contribution in [2.24, 2.45) is 4.99 Å². The number of carbonyl (C=O) groups is 1. The molecule has 0 radical (unpaired) electrons. The van der Waals surface area contributed by atoms with E-state index in [2.05, 4.69) is 25.8 Å². The highest BCUT2D eigenvalue weighted by molar-refractivity contribution is 5.80. The van der Waals surface area contributed by atoms with Crippen LogP contribution in [-0.2, 0) is 16.0 Å². The normalized spacial score (nSPS) is 19.6. The number of aliphatic imine (C=N–C) groups is 1. The van der Waals surface area contributed by atoms with Gasteiger partial charge in [-0.2, -0.15) is 0 Å². The molecule has 1 aliphatic carbocycles. The van der Waals surface area contributed by atoms with Crippen molar-refractivity contribution < 1.29 is 13.9 Å². The molecule has 2 fully saturated rings. The fraction of sp³-hybridized carbons (Fsp3) is 0.652. The largest absolute Gasteiger partial charge is 0.379 e. The van der Waals surface area contributed by atoms with E-state index >= 15 is 0 Å².